The summed E-state index contributed by atoms with van der Waals surface area (Å²) in [5.41, 5.74) is 0.358. The lowest BCUT2D eigenvalue weighted by atomic mass is 10.1. The van der Waals surface area contributed by atoms with Crippen LogP contribution in [-0.2, 0) is 9.53 Å². The van der Waals surface area contributed by atoms with Gasteiger partial charge in [0, 0.05) is 4.47 Å². The standard InChI is InChI=1S/C12H14BrNO4/c1-7(12(16)18-3)14-11(15)9-5-4-8(13)6-10(9)17-2/h4-7H,1-3H3,(H,14,15)/t7-/m0/s1. The van der Waals surface area contributed by atoms with Gasteiger partial charge in [0.1, 0.15) is 11.8 Å². The van der Waals surface area contributed by atoms with Gasteiger partial charge in [0.15, 0.2) is 0 Å². The third-order valence-electron chi connectivity index (χ3n) is 2.31. The summed E-state index contributed by atoms with van der Waals surface area (Å²) in [6, 6.07) is 4.30. The van der Waals surface area contributed by atoms with Crippen LogP contribution in [0.1, 0.15) is 17.3 Å². The summed E-state index contributed by atoms with van der Waals surface area (Å²) < 4.78 is 10.4. The first kappa shape index (κ1) is 14.5. The highest BCUT2D eigenvalue weighted by molar-refractivity contribution is 9.10. The molecule has 1 rings (SSSR count). The Hall–Kier alpha value is -1.56. The van der Waals surface area contributed by atoms with E-state index in [1.165, 1.54) is 14.2 Å². The van der Waals surface area contributed by atoms with Crippen molar-refractivity contribution in [2.24, 2.45) is 0 Å². The van der Waals surface area contributed by atoms with Crippen molar-refractivity contribution < 1.29 is 19.1 Å². The number of amides is 1. The number of nitrogens with one attached hydrogen (secondary N) is 1. The number of methoxy groups -OCH3 is 2. The van der Waals surface area contributed by atoms with E-state index in [9.17, 15) is 9.59 Å². The van der Waals surface area contributed by atoms with Crippen molar-refractivity contribution in [3.05, 3.63) is 28.2 Å². The second-order valence-corrected chi connectivity index (χ2v) is 4.48. The Morgan fingerprint density at radius 3 is 2.56 bits per heavy atom. The maximum absolute atomic E-state index is 12.0. The van der Waals surface area contributed by atoms with Crippen molar-refractivity contribution in [2.75, 3.05) is 14.2 Å². The monoisotopic (exact) mass is 315 g/mol. The number of esters is 1. The maximum Gasteiger partial charge on any atom is 0.328 e. The van der Waals surface area contributed by atoms with Gasteiger partial charge in [0.05, 0.1) is 19.8 Å². The van der Waals surface area contributed by atoms with Crippen molar-refractivity contribution >= 4 is 27.8 Å². The number of hydrogen-bond donors (Lipinski definition) is 1. The molecule has 1 aromatic rings. The van der Waals surface area contributed by atoms with Crippen LogP contribution in [0, 0.1) is 0 Å². The summed E-state index contributed by atoms with van der Waals surface area (Å²) in [4.78, 5) is 23.2. The van der Waals surface area contributed by atoms with Gasteiger partial charge >= 0.3 is 5.97 Å². The molecule has 0 radical (unpaired) electrons. The Morgan fingerprint density at radius 1 is 1.33 bits per heavy atom. The van der Waals surface area contributed by atoms with Gasteiger partial charge in [-0.25, -0.2) is 4.79 Å². The number of hydrogen-bond acceptors (Lipinski definition) is 4. The summed E-state index contributed by atoms with van der Waals surface area (Å²) in [6.45, 7) is 1.55. The third-order valence-corrected chi connectivity index (χ3v) is 2.80. The lowest BCUT2D eigenvalue weighted by Crippen LogP contribution is -2.39. The van der Waals surface area contributed by atoms with Crippen LogP contribution in [0.5, 0.6) is 5.75 Å². The molecule has 0 unspecified atom stereocenters. The summed E-state index contributed by atoms with van der Waals surface area (Å²) >= 11 is 3.29. The second-order valence-electron chi connectivity index (χ2n) is 3.56. The molecule has 0 aliphatic carbocycles. The largest absolute Gasteiger partial charge is 0.496 e. The van der Waals surface area contributed by atoms with E-state index in [2.05, 4.69) is 26.0 Å². The van der Waals surface area contributed by atoms with Gasteiger partial charge in [0.2, 0.25) is 0 Å². The predicted octanol–water partition coefficient (Wildman–Crippen LogP) is 1.75. The number of halogens is 1. The second kappa shape index (κ2) is 6.39. The van der Waals surface area contributed by atoms with Crippen molar-refractivity contribution in [3.63, 3.8) is 0 Å². The van der Waals surface area contributed by atoms with Gasteiger partial charge < -0.3 is 14.8 Å². The molecule has 98 valence electrons. The van der Waals surface area contributed by atoms with E-state index in [4.69, 9.17) is 4.74 Å². The van der Waals surface area contributed by atoms with E-state index in [1.807, 2.05) is 0 Å². The molecule has 0 aliphatic rings. The van der Waals surface area contributed by atoms with Crippen molar-refractivity contribution in [1.82, 2.24) is 5.32 Å². The fourth-order valence-electron chi connectivity index (χ4n) is 1.36. The van der Waals surface area contributed by atoms with Crippen molar-refractivity contribution in [3.8, 4) is 5.75 Å². The molecule has 0 aliphatic heterocycles. The van der Waals surface area contributed by atoms with Gasteiger partial charge in [-0.2, -0.15) is 0 Å². The first-order valence-corrected chi connectivity index (χ1v) is 6.01. The van der Waals surface area contributed by atoms with E-state index in [0.29, 0.717) is 11.3 Å². The highest BCUT2D eigenvalue weighted by Crippen LogP contribution is 2.23. The minimum atomic E-state index is -0.712. The van der Waals surface area contributed by atoms with E-state index >= 15 is 0 Å². The molecular weight excluding hydrogens is 302 g/mol. The van der Waals surface area contributed by atoms with Crippen LogP contribution in [0.25, 0.3) is 0 Å². The minimum Gasteiger partial charge on any atom is -0.496 e. The predicted molar refractivity (Wildman–Crippen MR) is 69.6 cm³/mol. The Kier molecular flexibility index (Phi) is 5.15. The van der Waals surface area contributed by atoms with Gasteiger partial charge in [-0.15, -0.1) is 0 Å². The SMILES string of the molecule is COC(=O)[C@H](C)NC(=O)c1ccc(Br)cc1OC. The van der Waals surface area contributed by atoms with Crippen LogP contribution in [0.15, 0.2) is 22.7 Å². The smallest absolute Gasteiger partial charge is 0.328 e. The normalized spacial score (nSPS) is 11.6. The molecule has 0 saturated carbocycles. The lowest BCUT2D eigenvalue weighted by molar-refractivity contribution is -0.142. The average molecular weight is 316 g/mol. The van der Waals surface area contributed by atoms with Gasteiger partial charge in [-0.3, -0.25) is 4.79 Å². The maximum atomic E-state index is 12.0. The zero-order chi connectivity index (χ0) is 13.7. The highest BCUT2D eigenvalue weighted by atomic mass is 79.9. The Morgan fingerprint density at radius 2 is 2.00 bits per heavy atom. The average Bonchev–Trinajstić information content (AvgIpc) is 2.37. The number of benzene rings is 1. The van der Waals surface area contributed by atoms with Crippen LogP contribution < -0.4 is 10.1 Å². The summed E-state index contributed by atoms with van der Waals surface area (Å²) in [5.74, 6) is -0.462. The molecule has 1 amide bonds. The van der Waals surface area contributed by atoms with Crippen LogP contribution in [0.3, 0.4) is 0 Å². The Labute approximate surface area is 114 Å². The van der Waals surface area contributed by atoms with Crippen LogP contribution in [0.4, 0.5) is 0 Å². The molecule has 0 aromatic heterocycles. The summed E-state index contributed by atoms with van der Waals surface area (Å²) in [6.07, 6.45) is 0. The van der Waals surface area contributed by atoms with Gasteiger partial charge in [0.25, 0.3) is 5.91 Å². The number of ether oxygens (including phenoxy) is 2. The lowest BCUT2D eigenvalue weighted by Gasteiger charge is -2.13. The minimum absolute atomic E-state index is 0.358. The molecule has 0 fully saturated rings. The first-order chi connectivity index (χ1) is 8.49. The molecule has 0 bridgehead atoms. The summed E-state index contributed by atoms with van der Waals surface area (Å²) in [5, 5.41) is 2.53. The molecule has 18 heavy (non-hydrogen) atoms. The van der Waals surface area contributed by atoms with Gasteiger partial charge in [-0.05, 0) is 25.1 Å². The number of rotatable bonds is 4. The topological polar surface area (TPSA) is 64.6 Å². The fourth-order valence-corrected chi connectivity index (χ4v) is 1.70. The van der Waals surface area contributed by atoms with E-state index in [1.54, 1.807) is 25.1 Å². The zero-order valence-corrected chi connectivity index (χ0v) is 11.9. The highest BCUT2D eigenvalue weighted by Gasteiger charge is 2.19. The number of carbonyl (C=O) groups excluding carboxylic acids is 2. The van der Waals surface area contributed by atoms with Crippen molar-refractivity contribution in [1.29, 1.82) is 0 Å². The Balaban J connectivity index is 2.87. The van der Waals surface area contributed by atoms with Gasteiger partial charge in [-0.1, -0.05) is 15.9 Å². The molecular formula is C12H14BrNO4. The molecule has 1 N–H and O–H groups in total. The van der Waals surface area contributed by atoms with Crippen molar-refractivity contribution in [2.45, 2.75) is 13.0 Å². The van der Waals surface area contributed by atoms with Crippen LogP contribution in [-0.4, -0.2) is 32.1 Å². The molecule has 0 spiro atoms. The molecule has 5 nitrogen and oxygen atoms in total. The van der Waals surface area contributed by atoms with E-state index in [0.717, 1.165) is 4.47 Å². The number of carbonyl (C=O) groups is 2. The van der Waals surface area contributed by atoms with E-state index < -0.39 is 17.9 Å². The fraction of sp³-hybridized carbons (Fsp3) is 0.333. The molecule has 1 atom stereocenters. The third kappa shape index (κ3) is 3.46. The van der Waals surface area contributed by atoms with Crippen LogP contribution >= 0.6 is 15.9 Å². The quantitative estimate of drug-likeness (QED) is 0.860. The molecule has 0 heterocycles. The van der Waals surface area contributed by atoms with Crippen LogP contribution in [0.2, 0.25) is 0 Å². The Bertz CT molecular complexity index is 461. The zero-order valence-electron chi connectivity index (χ0n) is 10.3. The summed E-state index contributed by atoms with van der Waals surface area (Å²) in [7, 11) is 2.74. The molecule has 6 heteroatoms. The first-order valence-electron chi connectivity index (χ1n) is 5.21. The molecule has 0 saturated heterocycles. The van der Waals surface area contributed by atoms with E-state index in [-0.39, 0.29) is 0 Å². The molecule has 1 aromatic carbocycles.